The lowest BCUT2D eigenvalue weighted by Gasteiger charge is -2.07. The molecule has 0 aliphatic rings. The van der Waals surface area contributed by atoms with E-state index in [1.54, 1.807) is 12.1 Å². The van der Waals surface area contributed by atoms with Gasteiger partial charge in [0.15, 0.2) is 0 Å². The molecule has 186 valence electrons. The summed E-state index contributed by atoms with van der Waals surface area (Å²) in [7, 11) is -3.63. The van der Waals surface area contributed by atoms with Crippen molar-refractivity contribution in [3.05, 3.63) is 29.8 Å². The first-order valence-electron chi connectivity index (χ1n) is 13.6. The van der Waals surface area contributed by atoms with E-state index < -0.39 is 10.1 Å². The fourth-order valence-corrected chi connectivity index (χ4v) is 5.05. The molecular formula is C28H50O3S. The largest absolute Gasteiger partial charge is 0.296 e. The molecule has 0 aromatic heterocycles. The van der Waals surface area contributed by atoms with Crippen LogP contribution in [-0.4, -0.2) is 15.0 Å². The minimum Gasteiger partial charge on any atom is -0.266 e. The first kappa shape index (κ1) is 29.2. The molecule has 0 unspecified atom stereocenters. The average molecular weight is 467 g/mol. The molecule has 0 saturated carbocycles. The van der Waals surface area contributed by atoms with Gasteiger partial charge in [0.05, 0.1) is 11.5 Å². The number of benzene rings is 1. The molecule has 0 saturated heterocycles. The molecule has 4 heteroatoms. The third-order valence-electron chi connectivity index (χ3n) is 6.27. The summed E-state index contributed by atoms with van der Waals surface area (Å²) in [6, 6.07) is 7.28. The van der Waals surface area contributed by atoms with Crippen molar-refractivity contribution in [1.82, 2.24) is 0 Å². The van der Waals surface area contributed by atoms with Crippen LogP contribution in [0.2, 0.25) is 0 Å². The highest BCUT2D eigenvalue weighted by molar-refractivity contribution is 7.86. The lowest BCUT2D eigenvalue weighted by molar-refractivity contribution is 0.306. The van der Waals surface area contributed by atoms with Crippen molar-refractivity contribution < 1.29 is 12.6 Å². The SMILES string of the molecule is CCCCCCCCCCCCCOS(=O)(=O)c1ccc(CCCCCCCCC)cc1. The third-order valence-corrected chi connectivity index (χ3v) is 7.59. The summed E-state index contributed by atoms with van der Waals surface area (Å²) in [6.07, 6.45) is 23.8. The highest BCUT2D eigenvalue weighted by Crippen LogP contribution is 2.17. The minimum absolute atomic E-state index is 0.281. The van der Waals surface area contributed by atoms with Crippen LogP contribution in [0.4, 0.5) is 0 Å². The average Bonchev–Trinajstić information content (AvgIpc) is 2.79. The maximum Gasteiger partial charge on any atom is 0.296 e. The maximum absolute atomic E-state index is 12.4. The molecule has 0 amide bonds. The van der Waals surface area contributed by atoms with Crippen molar-refractivity contribution in [3.8, 4) is 0 Å². The van der Waals surface area contributed by atoms with E-state index in [0.29, 0.717) is 6.61 Å². The van der Waals surface area contributed by atoms with Gasteiger partial charge in [-0.15, -0.1) is 0 Å². The zero-order chi connectivity index (χ0) is 23.3. The number of hydrogen-bond donors (Lipinski definition) is 0. The molecule has 0 N–H and O–H groups in total. The van der Waals surface area contributed by atoms with Crippen molar-refractivity contribution in [2.24, 2.45) is 0 Å². The first-order valence-corrected chi connectivity index (χ1v) is 15.0. The molecule has 0 bridgehead atoms. The van der Waals surface area contributed by atoms with Crippen LogP contribution in [0.5, 0.6) is 0 Å². The number of hydrogen-bond acceptors (Lipinski definition) is 3. The molecule has 0 heterocycles. The Morgan fingerprint density at radius 1 is 0.562 bits per heavy atom. The molecule has 0 fully saturated rings. The van der Waals surface area contributed by atoms with Gasteiger partial charge in [-0.25, -0.2) is 0 Å². The maximum atomic E-state index is 12.4. The van der Waals surface area contributed by atoms with Crippen LogP contribution in [0.3, 0.4) is 0 Å². The van der Waals surface area contributed by atoms with E-state index in [1.807, 2.05) is 12.1 Å². The molecule has 3 nitrogen and oxygen atoms in total. The van der Waals surface area contributed by atoms with Crippen LogP contribution < -0.4 is 0 Å². The summed E-state index contributed by atoms with van der Waals surface area (Å²) in [5, 5.41) is 0. The van der Waals surface area contributed by atoms with E-state index in [1.165, 1.54) is 108 Å². The number of rotatable bonds is 22. The van der Waals surface area contributed by atoms with Crippen LogP contribution in [-0.2, 0) is 20.7 Å². The first-order chi connectivity index (χ1) is 15.6. The fraction of sp³-hybridized carbons (Fsp3) is 0.786. The fourth-order valence-electron chi connectivity index (χ4n) is 4.11. The summed E-state index contributed by atoms with van der Waals surface area (Å²) in [6.45, 7) is 4.79. The Labute approximate surface area is 199 Å². The van der Waals surface area contributed by atoms with Gasteiger partial charge >= 0.3 is 0 Å². The quantitative estimate of drug-likeness (QED) is 0.126. The summed E-state index contributed by atoms with van der Waals surface area (Å²) < 4.78 is 30.0. The third kappa shape index (κ3) is 15.1. The molecule has 0 spiro atoms. The Morgan fingerprint density at radius 3 is 1.44 bits per heavy atom. The smallest absolute Gasteiger partial charge is 0.266 e. The molecule has 32 heavy (non-hydrogen) atoms. The van der Waals surface area contributed by atoms with Crippen LogP contribution in [0.25, 0.3) is 0 Å². The molecule has 0 atom stereocenters. The van der Waals surface area contributed by atoms with Crippen LogP contribution in [0.1, 0.15) is 135 Å². The van der Waals surface area contributed by atoms with Crippen molar-refractivity contribution in [3.63, 3.8) is 0 Å². The van der Waals surface area contributed by atoms with Gasteiger partial charge in [0.2, 0.25) is 0 Å². The van der Waals surface area contributed by atoms with Crippen molar-refractivity contribution in [2.45, 2.75) is 141 Å². The van der Waals surface area contributed by atoms with Crippen LogP contribution in [0.15, 0.2) is 29.2 Å². The van der Waals surface area contributed by atoms with E-state index in [-0.39, 0.29) is 4.90 Å². The Bertz CT molecular complexity index is 637. The van der Waals surface area contributed by atoms with Crippen molar-refractivity contribution >= 4 is 10.1 Å². The van der Waals surface area contributed by atoms with E-state index in [4.69, 9.17) is 4.18 Å². The van der Waals surface area contributed by atoms with E-state index >= 15 is 0 Å². The van der Waals surface area contributed by atoms with Crippen LogP contribution >= 0.6 is 0 Å². The second-order valence-electron chi connectivity index (χ2n) is 9.33. The summed E-state index contributed by atoms with van der Waals surface area (Å²) in [5.74, 6) is 0. The highest BCUT2D eigenvalue weighted by atomic mass is 32.2. The topological polar surface area (TPSA) is 43.4 Å². The molecule has 1 rings (SSSR count). The van der Waals surface area contributed by atoms with E-state index in [2.05, 4.69) is 13.8 Å². The highest BCUT2D eigenvalue weighted by Gasteiger charge is 2.14. The predicted molar refractivity (Wildman–Crippen MR) is 138 cm³/mol. The summed E-state index contributed by atoms with van der Waals surface area (Å²) in [5.41, 5.74) is 1.21. The van der Waals surface area contributed by atoms with Gasteiger partial charge in [0.25, 0.3) is 10.1 Å². The van der Waals surface area contributed by atoms with E-state index in [9.17, 15) is 8.42 Å². The van der Waals surface area contributed by atoms with Crippen molar-refractivity contribution in [2.75, 3.05) is 6.61 Å². The second kappa shape index (κ2) is 19.6. The van der Waals surface area contributed by atoms with Gasteiger partial charge in [0.1, 0.15) is 0 Å². The summed E-state index contributed by atoms with van der Waals surface area (Å²) in [4.78, 5) is 0.281. The Hall–Kier alpha value is -0.870. The minimum atomic E-state index is -3.63. The zero-order valence-electron chi connectivity index (χ0n) is 21.1. The van der Waals surface area contributed by atoms with Crippen LogP contribution in [0, 0.1) is 0 Å². The van der Waals surface area contributed by atoms with Gasteiger partial charge in [-0.2, -0.15) is 8.42 Å². The molecule has 1 aromatic carbocycles. The van der Waals surface area contributed by atoms with Gasteiger partial charge in [-0.1, -0.05) is 129 Å². The molecular weight excluding hydrogens is 416 g/mol. The molecule has 0 aliphatic carbocycles. The summed E-state index contributed by atoms with van der Waals surface area (Å²) >= 11 is 0. The number of aryl methyl sites for hydroxylation is 1. The standard InChI is InChI=1S/C28H50O3S/c1-3-5-7-9-11-12-13-14-16-18-20-26-31-32(29,30)28-24-22-27(23-25-28)21-19-17-15-10-8-6-4-2/h22-25H,3-21,26H2,1-2H3. The predicted octanol–water partition coefficient (Wildman–Crippen LogP) is 9.00. The lowest BCUT2D eigenvalue weighted by atomic mass is 10.0. The zero-order valence-corrected chi connectivity index (χ0v) is 21.9. The lowest BCUT2D eigenvalue weighted by Crippen LogP contribution is -2.07. The van der Waals surface area contributed by atoms with Gasteiger partial charge < -0.3 is 0 Å². The second-order valence-corrected chi connectivity index (χ2v) is 10.9. The van der Waals surface area contributed by atoms with Gasteiger partial charge in [-0.05, 0) is 37.0 Å². The van der Waals surface area contributed by atoms with Crippen molar-refractivity contribution in [1.29, 1.82) is 0 Å². The van der Waals surface area contributed by atoms with Gasteiger partial charge in [0, 0.05) is 0 Å². The molecule has 0 radical (unpaired) electrons. The Kier molecular flexibility index (Phi) is 17.8. The Balaban J connectivity index is 2.10. The Morgan fingerprint density at radius 2 is 0.969 bits per heavy atom. The van der Waals surface area contributed by atoms with Gasteiger partial charge in [-0.3, -0.25) is 4.18 Å². The number of unbranched alkanes of at least 4 members (excludes halogenated alkanes) is 16. The molecule has 0 aliphatic heterocycles. The normalized spacial score (nSPS) is 11.8. The molecule has 1 aromatic rings. The monoisotopic (exact) mass is 466 g/mol. The van der Waals surface area contributed by atoms with E-state index in [0.717, 1.165) is 19.3 Å².